The number of aromatic nitrogens is 3. The van der Waals surface area contributed by atoms with Crippen molar-refractivity contribution < 1.29 is 17.7 Å². The monoisotopic (exact) mass is 339 g/mol. The van der Waals surface area contributed by atoms with Crippen molar-refractivity contribution in [1.82, 2.24) is 14.7 Å². The molecule has 2 aromatic rings. The van der Waals surface area contributed by atoms with Crippen LogP contribution in [-0.2, 0) is 10.0 Å². The average molecular weight is 339 g/mol. The molecule has 1 aromatic heterocycles. The molecule has 0 aliphatic carbocycles. The number of benzene rings is 1. The van der Waals surface area contributed by atoms with E-state index in [1.807, 2.05) is 0 Å². The van der Waals surface area contributed by atoms with Crippen molar-refractivity contribution in [3.8, 4) is 5.69 Å². The fourth-order valence-electron chi connectivity index (χ4n) is 3.03. The third-order valence-corrected chi connectivity index (χ3v) is 5.80. The molecule has 1 N–H and O–H groups in total. The first-order chi connectivity index (χ1) is 10.9. The molecule has 0 radical (unpaired) electrons. The lowest BCUT2D eigenvalue weighted by Crippen LogP contribution is -2.42. The van der Waals surface area contributed by atoms with Gasteiger partial charge < -0.3 is 0 Å². The molecule has 1 aromatic carbocycles. The van der Waals surface area contributed by atoms with Gasteiger partial charge in [-0.3, -0.25) is 0 Å². The summed E-state index contributed by atoms with van der Waals surface area (Å²) < 4.78 is 31.5. The molecule has 0 amide bonds. The van der Waals surface area contributed by atoms with Crippen molar-refractivity contribution in [1.29, 1.82) is 0 Å². The Kier molecular flexibility index (Phi) is 4.07. The van der Waals surface area contributed by atoms with Gasteiger partial charge in [-0.15, -0.1) is 0 Å². The molecule has 9 heteroatoms. The summed E-state index contributed by atoms with van der Waals surface area (Å²) in [5, 5.41) is 5.85. The fourth-order valence-corrected chi connectivity index (χ4v) is 4.71. The van der Waals surface area contributed by atoms with E-state index >= 15 is 0 Å². The summed E-state index contributed by atoms with van der Waals surface area (Å²) in [4.78, 5) is 12.3. The van der Waals surface area contributed by atoms with Crippen molar-refractivity contribution in [3.05, 3.63) is 34.8 Å². The fraction of sp³-hybridized carbons (Fsp3) is 0.500. The summed E-state index contributed by atoms with van der Waals surface area (Å²) in [5.41, 5.74) is 0.509. The summed E-state index contributed by atoms with van der Waals surface area (Å²) in [7, 11) is -3.51. The first kappa shape index (κ1) is 15.9. The van der Waals surface area contributed by atoms with Crippen LogP contribution in [0.15, 0.2) is 38.5 Å². The van der Waals surface area contributed by atoms with Crippen molar-refractivity contribution in [3.63, 3.8) is 0 Å². The van der Waals surface area contributed by atoms with Gasteiger partial charge in [-0.1, -0.05) is 18.9 Å². The largest absolute Gasteiger partial charge is 0.493 e. The van der Waals surface area contributed by atoms with Crippen LogP contribution in [0.2, 0.25) is 0 Å². The predicted molar refractivity (Wildman–Crippen MR) is 80.4 cm³/mol. The standard InChI is InChI=1S/C14H18N4O4S/c1-10-7-11(2)9-17(8-10)23(20,21)13-5-3-12(4-6-13)18-15-14(19)22-16-18/h3-6,10-11H,7-9H2,1-2H3/p+1. The summed E-state index contributed by atoms with van der Waals surface area (Å²) in [6, 6.07) is 6.16. The highest BCUT2D eigenvalue weighted by Gasteiger charge is 2.31. The van der Waals surface area contributed by atoms with Gasteiger partial charge in [-0.05, 0) is 30.4 Å². The van der Waals surface area contributed by atoms with E-state index in [9.17, 15) is 13.2 Å². The number of sulfonamides is 1. The van der Waals surface area contributed by atoms with Gasteiger partial charge in [0.05, 0.1) is 9.69 Å². The molecule has 2 unspecified atom stereocenters. The molecular weight excluding hydrogens is 320 g/mol. The maximum atomic E-state index is 12.8. The van der Waals surface area contributed by atoms with Gasteiger partial charge in [0.2, 0.25) is 15.3 Å². The Balaban J connectivity index is 1.87. The topological polar surface area (TPSA) is 100 Å². The number of hydrogen-bond acceptors (Lipinski definition) is 5. The van der Waals surface area contributed by atoms with E-state index in [1.165, 1.54) is 12.1 Å². The lowest BCUT2D eigenvalue weighted by atomic mass is 9.94. The lowest BCUT2D eigenvalue weighted by Gasteiger charge is -2.34. The highest BCUT2D eigenvalue weighted by atomic mass is 32.2. The third kappa shape index (κ3) is 3.20. The molecule has 1 saturated heterocycles. The molecule has 1 aliphatic heterocycles. The van der Waals surface area contributed by atoms with E-state index in [0.29, 0.717) is 30.6 Å². The first-order valence-corrected chi connectivity index (χ1v) is 8.89. The number of nitrogens with one attached hydrogen (secondary N) is 1. The van der Waals surface area contributed by atoms with E-state index in [1.54, 1.807) is 16.4 Å². The van der Waals surface area contributed by atoms with Crippen LogP contribution in [0.25, 0.3) is 5.69 Å². The molecule has 23 heavy (non-hydrogen) atoms. The van der Waals surface area contributed by atoms with E-state index < -0.39 is 15.8 Å². The Labute approximate surface area is 133 Å². The molecule has 3 rings (SSSR count). The molecule has 124 valence electrons. The third-order valence-electron chi connectivity index (χ3n) is 3.96. The van der Waals surface area contributed by atoms with Crippen molar-refractivity contribution >= 4 is 10.0 Å². The van der Waals surface area contributed by atoms with Gasteiger partial charge >= 0.3 is 5.76 Å². The predicted octanol–water partition coefficient (Wildman–Crippen LogP) is 0.306. The van der Waals surface area contributed by atoms with Crippen LogP contribution >= 0.6 is 0 Å². The maximum absolute atomic E-state index is 12.8. The van der Waals surface area contributed by atoms with Crippen LogP contribution < -0.4 is 10.6 Å². The smallest absolute Gasteiger partial charge is 0.239 e. The molecular formula is C14H19N4O4S+. The van der Waals surface area contributed by atoms with Crippen LogP contribution in [-0.4, -0.2) is 36.2 Å². The first-order valence-electron chi connectivity index (χ1n) is 7.45. The number of hydrogen-bond donors (Lipinski definition) is 1. The Morgan fingerprint density at radius 2 is 1.83 bits per heavy atom. The number of nitrogens with zero attached hydrogens (tertiary/aromatic N) is 3. The second-order valence-corrected chi connectivity index (χ2v) is 8.08. The summed E-state index contributed by atoms with van der Waals surface area (Å²) in [6.07, 6.45) is 1.04. The van der Waals surface area contributed by atoms with Gasteiger partial charge in [-0.25, -0.2) is 17.7 Å². The molecule has 2 heterocycles. The zero-order valence-corrected chi connectivity index (χ0v) is 13.8. The normalized spacial score (nSPS) is 23.0. The lowest BCUT2D eigenvalue weighted by molar-refractivity contribution is -0.725. The summed E-state index contributed by atoms with van der Waals surface area (Å²) in [6.45, 7) is 5.22. The SMILES string of the molecule is CC1CC(C)CN(S(=O)(=O)c2ccc(-[n+]3noc(=O)[nH]3)cc2)C1. The molecule has 2 atom stereocenters. The van der Waals surface area contributed by atoms with E-state index in [-0.39, 0.29) is 4.90 Å². The molecule has 1 fully saturated rings. The van der Waals surface area contributed by atoms with Crippen LogP contribution in [0.3, 0.4) is 0 Å². The van der Waals surface area contributed by atoms with Crippen LogP contribution in [0.4, 0.5) is 0 Å². The number of piperidine rings is 1. The minimum absolute atomic E-state index is 0.231. The zero-order valence-electron chi connectivity index (χ0n) is 13.0. The van der Waals surface area contributed by atoms with Crippen LogP contribution in [0, 0.1) is 11.8 Å². The maximum Gasteiger partial charge on any atom is 0.493 e. The van der Waals surface area contributed by atoms with E-state index in [4.69, 9.17) is 0 Å². The van der Waals surface area contributed by atoms with E-state index in [2.05, 4.69) is 28.7 Å². The van der Waals surface area contributed by atoms with Gasteiger partial charge in [0.1, 0.15) is 0 Å². The second kappa shape index (κ2) is 5.89. The van der Waals surface area contributed by atoms with Gasteiger partial charge in [0, 0.05) is 25.2 Å². The zero-order chi connectivity index (χ0) is 16.6. The molecule has 0 saturated carbocycles. The summed E-state index contributed by atoms with van der Waals surface area (Å²) >= 11 is 0. The highest BCUT2D eigenvalue weighted by Crippen LogP contribution is 2.26. The molecule has 8 nitrogen and oxygen atoms in total. The minimum atomic E-state index is -3.51. The average Bonchev–Trinajstić information content (AvgIpc) is 2.93. The number of aromatic amines is 1. The second-order valence-electron chi connectivity index (χ2n) is 6.15. The number of H-pyrrole nitrogens is 1. The molecule has 0 bridgehead atoms. The van der Waals surface area contributed by atoms with Crippen molar-refractivity contribution in [2.75, 3.05) is 13.1 Å². The Morgan fingerprint density at radius 1 is 1.22 bits per heavy atom. The molecule has 1 aliphatic rings. The van der Waals surface area contributed by atoms with Crippen LogP contribution in [0.1, 0.15) is 20.3 Å². The Bertz CT molecular complexity index is 830. The van der Waals surface area contributed by atoms with Crippen LogP contribution in [0.5, 0.6) is 0 Å². The van der Waals surface area contributed by atoms with Crippen molar-refractivity contribution in [2.24, 2.45) is 11.8 Å². The van der Waals surface area contributed by atoms with Crippen molar-refractivity contribution in [2.45, 2.75) is 25.2 Å². The van der Waals surface area contributed by atoms with Gasteiger partial charge in [0.15, 0.2) is 0 Å². The summed E-state index contributed by atoms with van der Waals surface area (Å²) in [5.74, 6) is 0.0186. The minimum Gasteiger partial charge on any atom is -0.239 e. The molecule has 0 spiro atoms. The Hall–Kier alpha value is -2.00. The quantitative estimate of drug-likeness (QED) is 0.811. The Morgan fingerprint density at radius 3 is 2.35 bits per heavy atom. The van der Waals surface area contributed by atoms with Gasteiger partial charge in [0.25, 0.3) is 5.69 Å². The van der Waals surface area contributed by atoms with Gasteiger partial charge in [-0.2, -0.15) is 4.31 Å². The van der Waals surface area contributed by atoms with E-state index in [0.717, 1.165) is 11.2 Å². The number of rotatable bonds is 3. The highest BCUT2D eigenvalue weighted by molar-refractivity contribution is 7.89.